The zero-order valence-electron chi connectivity index (χ0n) is 12.5. The topological polar surface area (TPSA) is 66.0 Å². The molecule has 0 aliphatic carbocycles. The molecule has 1 heterocycles. The number of halogens is 2. The molecule has 118 valence electrons. The maximum atomic E-state index is 6.11. The predicted octanol–water partition coefficient (Wildman–Crippen LogP) is 3.29. The summed E-state index contributed by atoms with van der Waals surface area (Å²) in [5, 5.41) is 15.2. The molecule has 0 amide bonds. The zero-order valence-corrected chi connectivity index (χ0v) is 14.0. The van der Waals surface area contributed by atoms with E-state index in [-0.39, 0.29) is 0 Å². The summed E-state index contributed by atoms with van der Waals surface area (Å²) in [6.07, 6.45) is 2.60. The van der Waals surface area contributed by atoms with Crippen LogP contribution in [-0.2, 0) is 0 Å². The Morgan fingerprint density at radius 3 is 2.77 bits per heavy atom. The third kappa shape index (κ3) is 5.29. The minimum atomic E-state index is 0.377. The Labute approximate surface area is 139 Å². The lowest BCUT2D eigenvalue weighted by Gasteiger charge is -2.11. The number of hydrogen-bond donors (Lipinski definition) is 2. The van der Waals surface area contributed by atoms with Gasteiger partial charge in [-0.1, -0.05) is 23.2 Å². The first-order chi connectivity index (χ1) is 10.5. The van der Waals surface area contributed by atoms with Crippen molar-refractivity contribution in [3.05, 3.63) is 34.4 Å². The van der Waals surface area contributed by atoms with Crippen molar-refractivity contribution in [2.24, 2.45) is 0 Å². The number of hydrogen-bond acceptors (Lipinski definition) is 6. The van der Waals surface area contributed by atoms with E-state index >= 15 is 0 Å². The van der Waals surface area contributed by atoms with Crippen LogP contribution in [0.1, 0.15) is 6.42 Å². The molecular weight excluding hydrogens is 323 g/mol. The van der Waals surface area contributed by atoms with Crippen molar-refractivity contribution in [3.63, 3.8) is 0 Å². The van der Waals surface area contributed by atoms with Crippen molar-refractivity contribution in [1.29, 1.82) is 0 Å². The predicted molar refractivity (Wildman–Crippen MR) is 91.2 cm³/mol. The first-order valence-electron chi connectivity index (χ1n) is 6.85. The van der Waals surface area contributed by atoms with Gasteiger partial charge in [0.1, 0.15) is 0 Å². The van der Waals surface area contributed by atoms with Crippen LogP contribution < -0.4 is 10.6 Å². The van der Waals surface area contributed by atoms with Crippen LogP contribution >= 0.6 is 23.2 Å². The minimum absolute atomic E-state index is 0.377. The van der Waals surface area contributed by atoms with Crippen LogP contribution in [0.25, 0.3) is 0 Å². The fraction of sp³-hybridized carbons (Fsp3) is 0.357. The average molecular weight is 341 g/mol. The first kappa shape index (κ1) is 16.7. The lowest BCUT2D eigenvalue weighted by Crippen LogP contribution is -2.17. The maximum absolute atomic E-state index is 6.11. The van der Waals surface area contributed by atoms with Crippen LogP contribution in [-0.4, -0.2) is 47.3 Å². The summed E-state index contributed by atoms with van der Waals surface area (Å²) in [5.41, 5.74) is 0.678. The Hall–Kier alpha value is -1.63. The van der Waals surface area contributed by atoms with E-state index < -0.39 is 0 Å². The highest BCUT2D eigenvalue weighted by atomic mass is 35.5. The molecule has 8 heteroatoms. The Bertz CT molecular complexity index is 620. The summed E-state index contributed by atoms with van der Waals surface area (Å²) in [5.74, 6) is 1.04. The fourth-order valence-corrected chi connectivity index (χ4v) is 2.22. The third-order valence-corrected chi connectivity index (χ3v) is 3.37. The normalized spacial score (nSPS) is 10.8. The number of nitrogens with one attached hydrogen (secondary N) is 2. The number of rotatable bonds is 7. The molecule has 0 aliphatic rings. The van der Waals surface area contributed by atoms with Gasteiger partial charge in [0.05, 0.1) is 16.9 Å². The van der Waals surface area contributed by atoms with Gasteiger partial charge in [-0.05, 0) is 45.3 Å². The Morgan fingerprint density at radius 2 is 2.05 bits per heavy atom. The quantitative estimate of drug-likeness (QED) is 0.754. The third-order valence-electron chi connectivity index (χ3n) is 2.82. The number of nitrogens with zero attached hydrogens (tertiary/aromatic N) is 4. The van der Waals surface area contributed by atoms with Crippen molar-refractivity contribution in [1.82, 2.24) is 20.1 Å². The van der Waals surface area contributed by atoms with Gasteiger partial charge in [-0.25, -0.2) is 0 Å². The van der Waals surface area contributed by atoms with E-state index in [1.165, 1.54) is 0 Å². The monoisotopic (exact) mass is 340 g/mol. The molecule has 1 aromatic carbocycles. The average Bonchev–Trinajstić information content (AvgIpc) is 2.47. The van der Waals surface area contributed by atoms with E-state index in [1.807, 2.05) is 14.1 Å². The molecule has 0 saturated heterocycles. The lowest BCUT2D eigenvalue weighted by atomic mass is 10.3. The molecule has 0 saturated carbocycles. The molecule has 0 atom stereocenters. The summed E-state index contributed by atoms with van der Waals surface area (Å²) in [6.45, 7) is 1.83. The molecule has 0 bridgehead atoms. The first-order valence-corrected chi connectivity index (χ1v) is 7.60. The second kappa shape index (κ2) is 8.12. The minimum Gasteiger partial charge on any atom is -0.369 e. The molecule has 22 heavy (non-hydrogen) atoms. The second-order valence-corrected chi connectivity index (χ2v) is 5.84. The van der Waals surface area contributed by atoms with Gasteiger partial charge in [-0.2, -0.15) is 10.1 Å². The molecule has 2 aromatic rings. The molecule has 0 spiro atoms. The summed E-state index contributed by atoms with van der Waals surface area (Å²) in [6, 6.07) is 5.17. The van der Waals surface area contributed by atoms with E-state index in [4.69, 9.17) is 23.2 Å². The lowest BCUT2D eigenvalue weighted by molar-refractivity contribution is 0.405. The maximum Gasteiger partial charge on any atom is 0.249 e. The Balaban J connectivity index is 1.96. The van der Waals surface area contributed by atoms with Gasteiger partial charge in [-0.15, -0.1) is 5.10 Å². The molecule has 2 rings (SSSR count). The molecule has 0 radical (unpaired) electrons. The highest BCUT2D eigenvalue weighted by Crippen LogP contribution is 2.27. The van der Waals surface area contributed by atoms with Gasteiger partial charge in [0, 0.05) is 11.6 Å². The van der Waals surface area contributed by atoms with Crippen LogP contribution in [0, 0.1) is 0 Å². The molecule has 0 fully saturated rings. The molecule has 6 nitrogen and oxygen atoms in total. The van der Waals surface area contributed by atoms with Gasteiger partial charge >= 0.3 is 0 Å². The summed E-state index contributed by atoms with van der Waals surface area (Å²) >= 11 is 12.0. The summed E-state index contributed by atoms with van der Waals surface area (Å²) < 4.78 is 0. The van der Waals surface area contributed by atoms with E-state index in [2.05, 4.69) is 30.7 Å². The smallest absolute Gasteiger partial charge is 0.249 e. The van der Waals surface area contributed by atoms with Crippen LogP contribution in [0.4, 0.5) is 17.5 Å². The van der Waals surface area contributed by atoms with Crippen molar-refractivity contribution in [2.75, 3.05) is 37.8 Å². The molecule has 0 aliphatic heterocycles. The van der Waals surface area contributed by atoms with Crippen LogP contribution in [0.3, 0.4) is 0 Å². The molecular formula is C14H18Cl2N6. The second-order valence-electron chi connectivity index (χ2n) is 5.00. The van der Waals surface area contributed by atoms with Crippen molar-refractivity contribution >= 4 is 40.7 Å². The van der Waals surface area contributed by atoms with Crippen molar-refractivity contribution < 1.29 is 0 Å². The van der Waals surface area contributed by atoms with E-state index in [1.54, 1.807) is 24.4 Å². The van der Waals surface area contributed by atoms with Gasteiger partial charge in [0.25, 0.3) is 0 Å². The van der Waals surface area contributed by atoms with Gasteiger partial charge in [0.15, 0.2) is 5.82 Å². The zero-order chi connectivity index (χ0) is 15.9. The number of benzene rings is 1. The Kier molecular flexibility index (Phi) is 6.18. The van der Waals surface area contributed by atoms with E-state index in [0.29, 0.717) is 27.5 Å². The molecule has 1 aromatic heterocycles. The van der Waals surface area contributed by atoms with Gasteiger partial charge in [0.2, 0.25) is 5.95 Å². The number of anilines is 3. The van der Waals surface area contributed by atoms with Crippen LogP contribution in [0.15, 0.2) is 24.4 Å². The molecule has 0 unspecified atom stereocenters. The largest absolute Gasteiger partial charge is 0.369 e. The number of aromatic nitrogens is 3. The summed E-state index contributed by atoms with van der Waals surface area (Å²) in [7, 11) is 4.09. The van der Waals surface area contributed by atoms with Crippen LogP contribution in [0.5, 0.6) is 0 Å². The van der Waals surface area contributed by atoms with Crippen molar-refractivity contribution in [2.45, 2.75) is 6.42 Å². The SMILES string of the molecule is CN(C)CCCNc1cnnc(Nc2ccc(Cl)cc2Cl)n1. The Morgan fingerprint density at radius 1 is 1.23 bits per heavy atom. The highest BCUT2D eigenvalue weighted by molar-refractivity contribution is 6.36. The standard InChI is InChI=1S/C14H18Cl2N6/c1-22(2)7-3-6-17-13-9-18-21-14(20-13)19-12-5-4-10(15)8-11(12)16/h4-5,8-9H,3,6-7H2,1-2H3,(H2,17,19,20,21). The van der Waals surface area contributed by atoms with E-state index in [9.17, 15) is 0 Å². The van der Waals surface area contributed by atoms with Gasteiger partial charge < -0.3 is 15.5 Å². The fourth-order valence-electron chi connectivity index (χ4n) is 1.76. The van der Waals surface area contributed by atoms with E-state index in [0.717, 1.165) is 19.5 Å². The summed E-state index contributed by atoms with van der Waals surface area (Å²) in [4.78, 5) is 6.48. The molecule has 2 N–H and O–H groups in total. The van der Waals surface area contributed by atoms with Gasteiger partial charge in [-0.3, -0.25) is 0 Å². The van der Waals surface area contributed by atoms with Crippen LogP contribution in [0.2, 0.25) is 10.0 Å². The van der Waals surface area contributed by atoms with Crippen molar-refractivity contribution in [3.8, 4) is 0 Å². The highest BCUT2D eigenvalue weighted by Gasteiger charge is 2.05.